The molecule has 1 rings (SSSR count). The smallest absolute Gasteiger partial charge is 0.0112 e. The summed E-state index contributed by atoms with van der Waals surface area (Å²) in [6.07, 6.45) is 1.20. The van der Waals surface area contributed by atoms with Crippen molar-refractivity contribution in [1.82, 2.24) is 4.90 Å². The molecule has 0 aromatic carbocycles. The van der Waals surface area contributed by atoms with Crippen LogP contribution in [0.25, 0.3) is 0 Å². The van der Waals surface area contributed by atoms with Crippen LogP contribution in [0, 0.1) is 5.41 Å². The summed E-state index contributed by atoms with van der Waals surface area (Å²) in [6.45, 7) is 3.38. The molecule has 0 spiro atoms. The standard InChI is InChI=1S/C7H16N2/c1-7(4-6(7)8)5-9(2)3/h6H,4-5,8H2,1-3H3. The zero-order chi connectivity index (χ0) is 7.07. The van der Waals surface area contributed by atoms with Gasteiger partial charge in [-0.3, -0.25) is 0 Å². The summed E-state index contributed by atoms with van der Waals surface area (Å²) < 4.78 is 0. The average molecular weight is 128 g/mol. The van der Waals surface area contributed by atoms with Gasteiger partial charge in [0.05, 0.1) is 0 Å². The van der Waals surface area contributed by atoms with Crippen molar-refractivity contribution in [2.75, 3.05) is 20.6 Å². The molecule has 0 radical (unpaired) electrons. The molecular weight excluding hydrogens is 112 g/mol. The maximum Gasteiger partial charge on any atom is 0.0112 e. The monoisotopic (exact) mass is 128 g/mol. The number of hydrogen-bond acceptors (Lipinski definition) is 2. The molecule has 1 aliphatic rings. The summed E-state index contributed by atoms with van der Waals surface area (Å²) in [5, 5.41) is 0. The molecule has 0 aromatic rings. The molecule has 0 saturated heterocycles. The normalized spacial score (nSPS) is 41.7. The van der Waals surface area contributed by atoms with Crippen molar-refractivity contribution in [1.29, 1.82) is 0 Å². The van der Waals surface area contributed by atoms with E-state index in [1.54, 1.807) is 0 Å². The summed E-state index contributed by atoms with van der Waals surface area (Å²) in [5.41, 5.74) is 6.16. The Bertz CT molecular complexity index is 111. The van der Waals surface area contributed by atoms with Crippen molar-refractivity contribution >= 4 is 0 Å². The van der Waals surface area contributed by atoms with Gasteiger partial charge in [-0.1, -0.05) is 6.92 Å². The molecule has 9 heavy (non-hydrogen) atoms. The molecule has 2 N–H and O–H groups in total. The molecular formula is C7H16N2. The predicted molar refractivity (Wildman–Crippen MR) is 39.3 cm³/mol. The van der Waals surface area contributed by atoms with Gasteiger partial charge in [0, 0.05) is 12.6 Å². The minimum atomic E-state index is 0.434. The highest BCUT2D eigenvalue weighted by Crippen LogP contribution is 2.43. The summed E-state index contributed by atoms with van der Waals surface area (Å²) in [5.74, 6) is 0. The zero-order valence-electron chi connectivity index (χ0n) is 6.52. The van der Waals surface area contributed by atoms with Crippen LogP contribution in [-0.4, -0.2) is 31.6 Å². The molecule has 2 nitrogen and oxygen atoms in total. The minimum absolute atomic E-state index is 0.434. The molecule has 2 heteroatoms. The van der Waals surface area contributed by atoms with Crippen molar-refractivity contribution in [3.8, 4) is 0 Å². The van der Waals surface area contributed by atoms with Gasteiger partial charge in [-0.2, -0.15) is 0 Å². The minimum Gasteiger partial charge on any atom is -0.327 e. The number of rotatable bonds is 2. The van der Waals surface area contributed by atoms with E-state index in [0.717, 1.165) is 6.54 Å². The molecule has 1 fully saturated rings. The van der Waals surface area contributed by atoms with Gasteiger partial charge in [-0.15, -0.1) is 0 Å². The van der Waals surface area contributed by atoms with Crippen molar-refractivity contribution in [3.63, 3.8) is 0 Å². The largest absolute Gasteiger partial charge is 0.327 e. The maximum atomic E-state index is 5.72. The fourth-order valence-corrected chi connectivity index (χ4v) is 1.35. The van der Waals surface area contributed by atoms with Gasteiger partial charge >= 0.3 is 0 Å². The lowest BCUT2D eigenvalue weighted by atomic mass is 10.1. The Balaban J connectivity index is 2.29. The van der Waals surface area contributed by atoms with E-state index in [2.05, 4.69) is 25.9 Å². The van der Waals surface area contributed by atoms with Gasteiger partial charge in [0.15, 0.2) is 0 Å². The summed E-state index contributed by atoms with van der Waals surface area (Å²) in [4.78, 5) is 2.20. The van der Waals surface area contributed by atoms with Crippen molar-refractivity contribution < 1.29 is 0 Å². The van der Waals surface area contributed by atoms with Crippen molar-refractivity contribution in [2.24, 2.45) is 11.1 Å². The average Bonchev–Trinajstić information content (AvgIpc) is 2.10. The molecule has 0 aliphatic heterocycles. The second kappa shape index (κ2) is 1.96. The highest BCUT2D eigenvalue weighted by Gasteiger charge is 2.47. The number of hydrogen-bond donors (Lipinski definition) is 1. The topological polar surface area (TPSA) is 29.3 Å². The lowest BCUT2D eigenvalue weighted by molar-refractivity contribution is 0.319. The van der Waals surface area contributed by atoms with E-state index in [4.69, 9.17) is 5.73 Å². The van der Waals surface area contributed by atoms with Crippen LogP contribution in [0.15, 0.2) is 0 Å². The van der Waals surface area contributed by atoms with Gasteiger partial charge in [0.25, 0.3) is 0 Å². The second-order valence-corrected chi connectivity index (χ2v) is 3.70. The molecule has 2 unspecified atom stereocenters. The third-order valence-electron chi connectivity index (χ3n) is 2.10. The maximum absolute atomic E-state index is 5.72. The Labute approximate surface area is 57.0 Å². The third kappa shape index (κ3) is 1.43. The highest BCUT2D eigenvalue weighted by molar-refractivity contribution is 5.03. The third-order valence-corrected chi connectivity index (χ3v) is 2.10. The van der Waals surface area contributed by atoms with Crippen LogP contribution in [0.2, 0.25) is 0 Å². The van der Waals surface area contributed by atoms with Gasteiger partial charge in [-0.25, -0.2) is 0 Å². The van der Waals surface area contributed by atoms with E-state index in [9.17, 15) is 0 Å². The highest BCUT2D eigenvalue weighted by atomic mass is 15.1. The van der Waals surface area contributed by atoms with Gasteiger partial charge in [0.1, 0.15) is 0 Å². The van der Waals surface area contributed by atoms with E-state index in [-0.39, 0.29) is 0 Å². The van der Waals surface area contributed by atoms with Crippen LogP contribution in [0.4, 0.5) is 0 Å². The van der Waals surface area contributed by atoms with E-state index in [1.165, 1.54) is 6.42 Å². The molecule has 54 valence electrons. The van der Waals surface area contributed by atoms with Crippen LogP contribution >= 0.6 is 0 Å². The van der Waals surface area contributed by atoms with E-state index < -0.39 is 0 Å². The molecule has 1 aliphatic carbocycles. The first-order chi connectivity index (χ1) is 4.04. The first kappa shape index (κ1) is 7.03. The van der Waals surface area contributed by atoms with Crippen molar-refractivity contribution in [3.05, 3.63) is 0 Å². The Morgan fingerprint density at radius 3 is 2.22 bits per heavy atom. The lowest BCUT2D eigenvalue weighted by Gasteiger charge is -2.15. The number of nitrogens with zero attached hydrogens (tertiary/aromatic N) is 1. The Morgan fingerprint density at radius 1 is 1.67 bits per heavy atom. The van der Waals surface area contributed by atoms with Crippen LogP contribution in [0.1, 0.15) is 13.3 Å². The fourth-order valence-electron chi connectivity index (χ4n) is 1.35. The van der Waals surface area contributed by atoms with Gasteiger partial charge in [-0.05, 0) is 25.9 Å². The van der Waals surface area contributed by atoms with Crippen molar-refractivity contribution in [2.45, 2.75) is 19.4 Å². The summed E-state index contributed by atoms with van der Waals surface area (Å²) in [6, 6.07) is 0.458. The first-order valence-electron chi connectivity index (χ1n) is 3.45. The van der Waals surface area contributed by atoms with Crippen LogP contribution in [0.5, 0.6) is 0 Å². The number of nitrogens with two attached hydrogens (primary N) is 1. The Kier molecular flexibility index (Phi) is 1.53. The van der Waals surface area contributed by atoms with E-state index >= 15 is 0 Å². The van der Waals surface area contributed by atoms with Crippen LogP contribution < -0.4 is 5.73 Å². The summed E-state index contributed by atoms with van der Waals surface area (Å²) >= 11 is 0. The zero-order valence-corrected chi connectivity index (χ0v) is 6.52. The van der Waals surface area contributed by atoms with Crippen LogP contribution in [-0.2, 0) is 0 Å². The molecule has 2 atom stereocenters. The second-order valence-electron chi connectivity index (χ2n) is 3.70. The summed E-state index contributed by atoms with van der Waals surface area (Å²) in [7, 11) is 4.19. The lowest BCUT2D eigenvalue weighted by Crippen LogP contribution is -2.25. The molecule has 0 heterocycles. The Morgan fingerprint density at radius 2 is 2.11 bits per heavy atom. The molecule has 1 saturated carbocycles. The van der Waals surface area contributed by atoms with Gasteiger partial charge < -0.3 is 10.6 Å². The Hall–Kier alpha value is -0.0800. The van der Waals surface area contributed by atoms with Crippen LogP contribution in [0.3, 0.4) is 0 Å². The molecule has 0 amide bonds. The fraction of sp³-hybridized carbons (Fsp3) is 1.00. The van der Waals surface area contributed by atoms with Gasteiger partial charge in [0.2, 0.25) is 0 Å². The SMILES string of the molecule is CN(C)CC1(C)CC1N. The van der Waals surface area contributed by atoms with E-state index in [0.29, 0.717) is 11.5 Å². The first-order valence-corrected chi connectivity index (χ1v) is 3.45. The quantitative estimate of drug-likeness (QED) is 0.579. The molecule has 0 aromatic heterocycles. The van der Waals surface area contributed by atoms with E-state index in [1.807, 2.05) is 0 Å². The predicted octanol–water partition coefficient (Wildman–Crippen LogP) is 0.285. The molecule has 0 bridgehead atoms.